The standard InChI is InChI=1S/C15H15F3N2O5/c1-2-7-24-11-4-3-9(8-12(11)25-15(16,17)18)14(22)20-6-5-10(20)13(21)19-23/h2-4,8,10,23H,1,5-7H2,(H,19,21)/t10-/m1/s1. The maximum atomic E-state index is 12.6. The Kier molecular flexibility index (Phi) is 5.52. The van der Waals surface area contributed by atoms with Crippen LogP contribution in [0.3, 0.4) is 0 Å². The molecule has 1 atom stereocenters. The van der Waals surface area contributed by atoms with Crippen LogP contribution >= 0.6 is 0 Å². The monoisotopic (exact) mass is 360 g/mol. The molecular weight excluding hydrogens is 345 g/mol. The molecule has 2 rings (SSSR count). The average molecular weight is 360 g/mol. The number of hydrogen-bond donors (Lipinski definition) is 2. The Labute approximate surface area is 140 Å². The number of nitrogens with zero attached hydrogens (tertiary/aromatic N) is 1. The SMILES string of the molecule is C=CCOc1ccc(C(=O)N2CC[C@@H]2C(=O)NO)cc1OC(F)(F)F. The van der Waals surface area contributed by atoms with Crippen molar-refractivity contribution in [2.45, 2.75) is 18.8 Å². The number of ether oxygens (including phenoxy) is 2. The normalized spacial score (nSPS) is 16.6. The van der Waals surface area contributed by atoms with E-state index >= 15 is 0 Å². The van der Waals surface area contributed by atoms with Gasteiger partial charge in [0.05, 0.1) is 0 Å². The predicted molar refractivity (Wildman–Crippen MR) is 78.2 cm³/mol. The quantitative estimate of drug-likeness (QED) is 0.459. The minimum atomic E-state index is -4.97. The molecular formula is C15H15F3N2O5. The van der Waals surface area contributed by atoms with Crippen molar-refractivity contribution in [1.29, 1.82) is 0 Å². The van der Waals surface area contributed by atoms with E-state index in [4.69, 9.17) is 9.94 Å². The molecule has 0 aliphatic carbocycles. The Balaban J connectivity index is 2.26. The number of halogens is 3. The lowest BCUT2D eigenvalue weighted by Crippen LogP contribution is -2.57. The summed E-state index contributed by atoms with van der Waals surface area (Å²) in [4.78, 5) is 24.9. The van der Waals surface area contributed by atoms with E-state index in [-0.39, 0.29) is 24.5 Å². The molecule has 1 saturated heterocycles. The number of carbonyl (C=O) groups excluding carboxylic acids is 2. The molecule has 1 aliphatic heterocycles. The summed E-state index contributed by atoms with van der Waals surface area (Å²) < 4.78 is 46.6. The van der Waals surface area contributed by atoms with Gasteiger partial charge in [0.1, 0.15) is 12.6 Å². The van der Waals surface area contributed by atoms with Gasteiger partial charge in [0.2, 0.25) is 0 Å². The second-order valence-corrected chi connectivity index (χ2v) is 5.09. The summed E-state index contributed by atoms with van der Waals surface area (Å²) in [6.07, 6.45) is -3.29. The largest absolute Gasteiger partial charge is 0.573 e. The second-order valence-electron chi connectivity index (χ2n) is 5.09. The minimum absolute atomic E-state index is 0.0492. The van der Waals surface area contributed by atoms with E-state index < -0.39 is 30.0 Å². The molecule has 1 heterocycles. The molecule has 1 fully saturated rings. The smallest absolute Gasteiger partial charge is 0.486 e. The number of benzene rings is 1. The fourth-order valence-electron chi connectivity index (χ4n) is 2.26. The number of carbonyl (C=O) groups is 2. The fourth-order valence-corrected chi connectivity index (χ4v) is 2.26. The topological polar surface area (TPSA) is 88.1 Å². The Morgan fingerprint density at radius 1 is 1.40 bits per heavy atom. The third-order valence-electron chi connectivity index (χ3n) is 3.47. The zero-order chi connectivity index (χ0) is 18.6. The molecule has 0 radical (unpaired) electrons. The number of alkyl halides is 3. The van der Waals surface area contributed by atoms with Crippen LogP contribution < -0.4 is 15.0 Å². The molecule has 1 aliphatic rings. The summed E-state index contributed by atoms with van der Waals surface area (Å²) >= 11 is 0. The molecule has 0 spiro atoms. The highest BCUT2D eigenvalue weighted by molar-refractivity contribution is 5.99. The van der Waals surface area contributed by atoms with Crippen LogP contribution in [0.5, 0.6) is 11.5 Å². The van der Waals surface area contributed by atoms with Crippen molar-refractivity contribution in [3.8, 4) is 11.5 Å². The highest BCUT2D eigenvalue weighted by atomic mass is 19.4. The van der Waals surface area contributed by atoms with Crippen LogP contribution in [0.15, 0.2) is 30.9 Å². The Hall–Kier alpha value is -2.75. The van der Waals surface area contributed by atoms with Gasteiger partial charge in [0.15, 0.2) is 11.5 Å². The molecule has 0 unspecified atom stereocenters. The number of rotatable bonds is 6. The van der Waals surface area contributed by atoms with Gasteiger partial charge in [-0.05, 0) is 24.6 Å². The van der Waals surface area contributed by atoms with Crippen LogP contribution in [-0.2, 0) is 4.79 Å². The maximum absolute atomic E-state index is 12.6. The van der Waals surface area contributed by atoms with Gasteiger partial charge < -0.3 is 14.4 Å². The molecule has 0 bridgehead atoms. The van der Waals surface area contributed by atoms with Crippen LogP contribution in [-0.4, -0.2) is 47.5 Å². The van der Waals surface area contributed by atoms with Gasteiger partial charge in [-0.15, -0.1) is 13.2 Å². The fraction of sp³-hybridized carbons (Fsp3) is 0.333. The van der Waals surface area contributed by atoms with Gasteiger partial charge in [-0.2, -0.15) is 0 Å². The molecule has 1 aromatic carbocycles. The van der Waals surface area contributed by atoms with Crippen LogP contribution in [0, 0.1) is 0 Å². The summed E-state index contributed by atoms with van der Waals surface area (Å²) in [6.45, 7) is 3.58. The first-order chi connectivity index (χ1) is 11.8. The van der Waals surface area contributed by atoms with E-state index in [1.165, 1.54) is 23.7 Å². The molecule has 25 heavy (non-hydrogen) atoms. The van der Waals surface area contributed by atoms with Gasteiger partial charge in [-0.1, -0.05) is 12.7 Å². The molecule has 2 amide bonds. The van der Waals surface area contributed by atoms with Gasteiger partial charge >= 0.3 is 6.36 Å². The summed E-state index contributed by atoms with van der Waals surface area (Å²) in [5, 5.41) is 8.62. The van der Waals surface area contributed by atoms with Crippen molar-refractivity contribution < 1.29 is 37.4 Å². The number of hydrogen-bond acceptors (Lipinski definition) is 5. The molecule has 2 N–H and O–H groups in total. The van der Waals surface area contributed by atoms with E-state index in [0.29, 0.717) is 6.42 Å². The van der Waals surface area contributed by atoms with Gasteiger partial charge in [-0.25, -0.2) is 5.48 Å². The second kappa shape index (κ2) is 7.43. The average Bonchev–Trinajstić information content (AvgIpc) is 2.50. The van der Waals surface area contributed by atoms with E-state index in [9.17, 15) is 22.8 Å². The molecule has 1 aromatic rings. The lowest BCUT2D eigenvalue weighted by molar-refractivity contribution is -0.275. The first-order valence-corrected chi connectivity index (χ1v) is 7.15. The first-order valence-electron chi connectivity index (χ1n) is 7.15. The van der Waals surface area contributed by atoms with Gasteiger partial charge in [0, 0.05) is 12.1 Å². The van der Waals surface area contributed by atoms with Crippen molar-refractivity contribution in [3.05, 3.63) is 36.4 Å². The molecule has 136 valence electrons. The number of likely N-dealkylation sites (tertiary alicyclic amines) is 1. The van der Waals surface area contributed by atoms with Crippen molar-refractivity contribution in [1.82, 2.24) is 10.4 Å². The van der Waals surface area contributed by atoms with E-state index in [2.05, 4.69) is 11.3 Å². The highest BCUT2D eigenvalue weighted by Gasteiger charge is 2.38. The lowest BCUT2D eigenvalue weighted by atomic mass is 10.0. The van der Waals surface area contributed by atoms with Crippen molar-refractivity contribution in [3.63, 3.8) is 0 Å². The molecule has 10 heteroatoms. The van der Waals surface area contributed by atoms with Gasteiger partial charge in [-0.3, -0.25) is 14.8 Å². The van der Waals surface area contributed by atoms with Crippen molar-refractivity contribution in [2.75, 3.05) is 13.2 Å². The summed E-state index contributed by atoms with van der Waals surface area (Å²) in [6, 6.07) is 2.44. The number of nitrogens with one attached hydrogen (secondary N) is 1. The van der Waals surface area contributed by atoms with E-state index in [1.54, 1.807) is 0 Å². The van der Waals surface area contributed by atoms with Crippen molar-refractivity contribution >= 4 is 11.8 Å². The third kappa shape index (κ3) is 4.41. The Bertz CT molecular complexity index is 678. The molecule has 0 saturated carbocycles. The zero-order valence-corrected chi connectivity index (χ0v) is 12.9. The van der Waals surface area contributed by atoms with E-state index in [0.717, 1.165) is 11.0 Å². The number of hydroxylamine groups is 1. The summed E-state index contributed by atoms with van der Waals surface area (Å²) in [5.74, 6) is -2.31. The zero-order valence-electron chi connectivity index (χ0n) is 12.9. The predicted octanol–water partition coefficient (Wildman–Crippen LogP) is 1.87. The maximum Gasteiger partial charge on any atom is 0.573 e. The van der Waals surface area contributed by atoms with Crippen LogP contribution in [0.4, 0.5) is 13.2 Å². The van der Waals surface area contributed by atoms with Crippen LogP contribution in [0.2, 0.25) is 0 Å². The van der Waals surface area contributed by atoms with Crippen LogP contribution in [0.25, 0.3) is 0 Å². The third-order valence-corrected chi connectivity index (χ3v) is 3.47. The first kappa shape index (κ1) is 18.6. The Morgan fingerprint density at radius 2 is 2.12 bits per heavy atom. The van der Waals surface area contributed by atoms with Crippen molar-refractivity contribution in [2.24, 2.45) is 0 Å². The van der Waals surface area contributed by atoms with E-state index in [1.807, 2.05) is 0 Å². The molecule has 0 aromatic heterocycles. The highest BCUT2D eigenvalue weighted by Crippen LogP contribution is 2.34. The summed E-state index contributed by atoms with van der Waals surface area (Å²) in [5.41, 5.74) is 1.33. The van der Waals surface area contributed by atoms with Gasteiger partial charge in [0.25, 0.3) is 11.8 Å². The minimum Gasteiger partial charge on any atom is -0.486 e. The molecule has 7 nitrogen and oxygen atoms in total. The Morgan fingerprint density at radius 3 is 2.64 bits per heavy atom. The number of amides is 2. The lowest BCUT2D eigenvalue weighted by Gasteiger charge is -2.39. The summed E-state index contributed by atoms with van der Waals surface area (Å²) in [7, 11) is 0. The van der Waals surface area contributed by atoms with Crippen LogP contribution in [0.1, 0.15) is 16.8 Å².